The lowest BCUT2D eigenvalue weighted by atomic mass is 10.0. The van der Waals surface area contributed by atoms with Gasteiger partial charge < -0.3 is 14.9 Å². The largest absolute Gasteiger partial charge is 0.478 e. The molecule has 6 nitrogen and oxygen atoms in total. The van der Waals surface area contributed by atoms with Gasteiger partial charge in [0.15, 0.2) is 0 Å². The number of unbranched alkanes of at least 4 members (excludes halogenated alkanes) is 1. The van der Waals surface area contributed by atoms with Crippen molar-refractivity contribution in [2.24, 2.45) is 0 Å². The van der Waals surface area contributed by atoms with Crippen molar-refractivity contribution in [1.29, 1.82) is 0 Å². The molecule has 1 aliphatic rings. The summed E-state index contributed by atoms with van der Waals surface area (Å²) in [5, 5.41) is 17.8. The third-order valence-corrected chi connectivity index (χ3v) is 3.29. The molecule has 0 aliphatic carbocycles. The van der Waals surface area contributed by atoms with E-state index in [4.69, 9.17) is 14.9 Å². The molecular weight excluding hydrogens is 250 g/mol. The topological polar surface area (TPSA) is 87.1 Å². The van der Waals surface area contributed by atoms with E-state index in [-0.39, 0.29) is 11.1 Å². The summed E-state index contributed by atoms with van der Waals surface area (Å²) in [6.07, 6.45) is 1.85. The average Bonchev–Trinajstić information content (AvgIpc) is 2.38. The van der Waals surface area contributed by atoms with E-state index in [1.165, 1.54) is 6.92 Å². The fraction of sp³-hybridized carbons (Fsp3) is 0.692. The Labute approximate surface area is 112 Å². The van der Waals surface area contributed by atoms with Gasteiger partial charge in [0.25, 0.3) is 0 Å². The molecule has 1 aliphatic heterocycles. The first-order valence-corrected chi connectivity index (χ1v) is 6.49. The van der Waals surface area contributed by atoms with Gasteiger partial charge >= 0.3 is 11.9 Å². The molecular formula is C13H21NO5. The van der Waals surface area contributed by atoms with Gasteiger partial charge in [-0.1, -0.05) is 0 Å². The lowest BCUT2D eigenvalue weighted by Crippen LogP contribution is -2.36. The first kappa shape index (κ1) is 15.7. The summed E-state index contributed by atoms with van der Waals surface area (Å²) < 4.78 is 5.24. The molecule has 108 valence electrons. The van der Waals surface area contributed by atoms with Crippen LogP contribution in [0, 0.1) is 0 Å². The van der Waals surface area contributed by atoms with Gasteiger partial charge in [-0.15, -0.1) is 0 Å². The van der Waals surface area contributed by atoms with Crippen molar-refractivity contribution in [3.63, 3.8) is 0 Å². The van der Waals surface area contributed by atoms with Gasteiger partial charge in [-0.25, -0.2) is 9.59 Å². The Kier molecular flexibility index (Phi) is 6.52. The summed E-state index contributed by atoms with van der Waals surface area (Å²) in [7, 11) is 0. The minimum Gasteiger partial charge on any atom is -0.478 e. The van der Waals surface area contributed by atoms with Crippen molar-refractivity contribution in [1.82, 2.24) is 4.90 Å². The SMILES string of the molecule is CC(C(=O)O)=C(CCCCN1CCOCC1)C(=O)O. The molecule has 0 aromatic heterocycles. The molecule has 1 saturated heterocycles. The number of morpholine rings is 1. The number of rotatable bonds is 7. The number of carboxylic acids is 2. The van der Waals surface area contributed by atoms with Crippen molar-refractivity contribution in [2.45, 2.75) is 26.2 Å². The summed E-state index contributed by atoms with van der Waals surface area (Å²) >= 11 is 0. The molecule has 0 bridgehead atoms. The number of carboxylic acid groups (broad SMARTS) is 2. The Bertz CT molecular complexity index is 358. The monoisotopic (exact) mass is 271 g/mol. The normalized spacial score (nSPS) is 17.9. The minimum absolute atomic E-state index is 0.00878. The van der Waals surface area contributed by atoms with E-state index in [9.17, 15) is 9.59 Å². The number of hydrogen-bond acceptors (Lipinski definition) is 4. The molecule has 2 N–H and O–H groups in total. The van der Waals surface area contributed by atoms with Crippen LogP contribution in [0.5, 0.6) is 0 Å². The number of aliphatic carboxylic acids is 2. The van der Waals surface area contributed by atoms with Gasteiger partial charge in [-0.3, -0.25) is 4.90 Å². The van der Waals surface area contributed by atoms with Crippen LogP contribution in [-0.4, -0.2) is 59.9 Å². The minimum atomic E-state index is -1.16. The van der Waals surface area contributed by atoms with Gasteiger partial charge in [0.1, 0.15) is 0 Å². The maximum Gasteiger partial charge on any atom is 0.332 e. The zero-order valence-electron chi connectivity index (χ0n) is 11.2. The highest BCUT2D eigenvalue weighted by atomic mass is 16.5. The summed E-state index contributed by atoms with van der Waals surface area (Å²) in [5.74, 6) is -2.29. The molecule has 0 amide bonds. The predicted molar refractivity (Wildman–Crippen MR) is 69.1 cm³/mol. The molecule has 0 unspecified atom stereocenters. The lowest BCUT2D eigenvalue weighted by molar-refractivity contribution is -0.136. The summed E-state index contributed by atoms with van der Waals surface area (Å²) in [4.78, 5) is 24.1. The zero-order chi connectivity index (χ0) is 14.3. The van der Waals surface area contributed by atoms with E-state index in [0.717, 1.165) is 39.3 Å². The molecule has 1 fully saturated rings. The third kappa shape index (κ3) is 5.40. The molecule has 0 radical (unpaired) electrons. The highest BCUT2D eigenvalue weighted by Crippen LogP contribution is 2.14. The summed E-state index contributed by atoms with van der Waals surface area (Å²) in [6.45, 7) is 5.57. The Morgan fingerprint density at radius 3 is 2.26 bits per heavy atom. The van der Waals surface area contributed by atoms with Gasteiger partial charge in [-0.2, -0.15) is 0 Å². The number of nitrogens with zero attached hydrogens (tertiary/aromatic N) is 1. The van der Waals surface area contributed by atoms with Crippen LogP contribution in [0.3, 0.4) is 0 Å². The van der Waals surface area contributed by atoms with Crippen LogP contribution < -0.4 is 0 Å². The molecule has 0 atom stereocenters. The molecule has 0 saturated carbocycles. The standard InChI is InChI=1S/C13H21NO5/c1-10(12(15)16)11(13(17)18)4-2-3-5-14-6-8-19-9-7-14/h2-9H2,1H3,(H,15,16)(H,17,18). The Balaban J connectivity index is 2.35. The van der Waals surface area contributed by atoms with E-state index in [2.05, 4.69) is 4.90 Å². The van der Waals surface area contributed by atoms with Crippen LogP contribution in [0.15, 0.2) is 11.1 Å². The van der Waals surface area contributed by atoms with Crippen molar-refractivity contribution in [2.75, 3.05) is 32.8 Å². The quantitative estimate of drug-likeness (QED) is 0.530. The van der Waals surface area contributed by atoms with Crippen LogP contribution in [-0.2, 0) is 14.3 Å². The van der Waals surface area contributed by atoms with Crippen molar-refractivity contribution in [3.05, 3.63) is 11.1 Å². The maximum absolute atomic E-state index is 11.0. The molecule has 0 aromatic rings. The van der Waals surface area contributed by atoms with Crippen LogP contribution >= 0.6 is 0 Å². The van der Waals surface area contributed by atoms with Crippen LogP contribution in [0.4, 0.5) is 0 Å². The molecule has 19 heavy (non-hydrogen) atoms. The smallest absolute Gasteiger partial charge is 0.332 e. The molecule has 0 aromatic carbocycles. The Morgan fingerprint density at radius 2 is 1.74 bits per heavy atom. The van der Waals surface area contributed by atoms with Crippen molar-refractivity contribution < 1.29 is 24.5 Å². The predicted octanol–water partition coefficient (Wildman–Crippen LogP) is 0.975. The van der Waals surface area contributed by atoms with E-state index < -0.39 is 11.9 Å². The van der Waals surface area contributed by atoms with Gasteiger partial charge in [0, 0.05) is 24.2 Å². The highest BCUT2D eigenvalue weighted by molar-refractivity contribution is 5.98. The molecule has 1 rings (SSSR count). The summed E-state index contributed by atoms with van der Waals surface area (Å²) in [5.41, 5.74) is -0.0617. The fourth-order valence-corrected chi connectivity index (χ4v) is 2.05. The second-order valence-electron chi connectivity index (χ2n) is 4.62. The van der Waals surface area contributed by atoms with E-state index >= 15 is 0 Å². The Morgan fingerprint density at radius 1 is 1.11 bits per heavy atom. The highest BCUT2D eigenvalue weighted by Gasteiger charge is 2.16. The van der Waals surface area contributed by atoms with E-state index in [1.807, 2.05) is 0 Å². The van der Waals surface area contributed by atoms with Crippen molar-refractivity contribution in [3.8, 4) is 0 Å². The van der Waals surface area contributed by atoms with Crippen LogP contribution in [0.1, 0.15) is 26.2 Å². The molecule has 6 heteroatoms. The second kappa shape index (κ2) is 7.91. The maximum atomic E-state index is 11.0. The number of ether oxygens (including phenoxy) is 1. The van der Waals surface area contributed by atoms with E-state index in [0.29, 0.717) is 12.8 Å². The second-order valence-corrected chi connectivity index (χ2v) is 4.62. The molecule has 0 spiro atoms. The number of carbonyl (C=O) groups is 2. The van der Waals surface area contributed by atoms with Crippen LogP contribution in [0.25, 0.3) is 0 Å². The van der Waals surface area contributed by atoms with Crippen LogP contribution in [0.2, 0.25) is 0 Å². The number of hydrogen-bond donors (Lipinski definition) is 2. The van der Waals surface area contributed by atoms with Gasteiger partial charge in [0.2, 0.25) is 0 Å². The van der Waals surface area contributed by atoms with Gasteiger partial charge in [0.05, 0.1) is 13.2 Å². The molecule has 1 heterocycles. The Hall–Kier alpha value is -1.40. The zero-order valence-corrected chi connectivity index (χ0v) is 11.2. The summed E-state index contributed by atoms with van der Waals surface area (Å²) in [6, 6.07) is 0. The van der Waals surface area contributed by atoms with Gasteiger partial charge in [-0.05, 0) is 32.7 Å². The van der Waals surface area contributed by atoms with E-state index in [1.54, 1.807) is 0 Å². The fourth-order valence-electron chi connectivity index (χ4n) is 2.05. The average molecular weight is 271 g/mol. The lowest BCUT2D eigenvalue weighted by Gasteiger charge is -2.26. The third-order valence-electron chi connectivity index (χ3n) is 3.29. The van der Waals surface area contributed by atoms with Crippen molar-refractivity contribution >= 4 is 11.9 Å². The first-order valence-electron chi connectivity index (χ1n) is 6.49. The first-order chi connectivity index (χ1) is 9.02.